The van der Waals surface area contributed by atoms with Gasteiger partial charge in [0.1, 0.15) is 5.82 Å². The quantitative estimate of drug-likeness (QED) is 0.640. The van der Waals surface area contributed by atoms with E-state index in [1.165, 1.54) is 17.7 Å². The highest BCUT2D eigenvalue weighted by atomic mass is 19.1. The fraction of sp³-hybridized carbons (Fsp3) is 0.440. The molecule has 162 valence electrons. The molecule has 0 spiro atoms. The van der Waals surface area contributed by atoms with Gasteiger partial charge in [0.2, 0.25) is 5.91 Å². The number of fused-ring (bicyclic) bond motifs is 1. The first-order valence-electron chi connectivity index (χ1n) is 11.2. The fourth-order valence-electron chi connectivity index (χ4n) is 5.36. The SMILES string of the molecule is O=C(N1CCOC[C@H](Cc2cccn3nccc23)C1)C1(c2ccc(F)cc2)CCCC1. The van der Waals surface area contributed by atoms with E-state index in [4.69, 9.17) is 4.74 Å². The van der Waals surface area contributed by atoms with Crippen molar-refractivity contribution in [3.8, 4) is 0 Å². The highest BCUT2D eigenvalue weighted by molar-refractivity contribution is 5.88. The van der Waals surface area contributed by atoms with Crippen molar-refractivity contribution in [3.63, 3.8) is 0 Å². The van der Waals surface area contributed by atoms with Crippen LogP contribution in [-0.2, 0) is 21.4 Å². The van der Waals surface area contributed by atoms with E-state index in [2.05, 4.69) is 11.2 Å². The van der Waals surface area contributed by atoms with Gasteiger partial charge in [-0.3, -0.25) is 4.79 Å². The largest absolute Gasteiger partial charge is 0.379 e. The Hall–Kier alpha value is -2.73. The number of amides is 1. The number of nitrogens with zero attached hydrogens (tertiary/aromatic N) is 3. The number of carbonyl (C=O) groups is 1. The number of rotatable bonds is 4. The number of hydrogen-bond acceptors (Lipinski definition) is 3. The van der Waals surface area contributed by atoms with Crippen LogP contribution in [0.4, 0.5) is 4.39 Å². The normalized spacial score (nSPS) is 21.3. The molecule has 0 radical (unpaired) electrons. The molecule has 1 amide bonds. The van der Waals surface area contributed by atoms with Crippen molar-refractivity contribution in [2.75, 3.05) is 26.3 Å². The number of ether oxygens (including phenoxy) is 1. The molecule has 0 N–H and O–H groups in total. The minimum atomic E-state index is -0.534. The van der Waals surface area contributed by atoms with Crippen molar-refractivity contribution in [2.24, 2.45) is 5.92 Å². The lowest BCUT2D eigenvalue weighted by Crippen LogP contribution is -2.47. The molecule has 3 heterocycles. The summed E-state index contributed by atoms with van der Waals surface area (Å²) in [5, 5.41) is 4.33. The maximum atomic E-state index is 13.9. The van der Waals surface area contributed by atoms with Gasteiger partial charge in [-0.25, -0.2) is 8.91 Å². The second-order valence-electron chi connectivity index (χ2n) is 8.89. The lowest BCUT2D eigenvalue weighted by molar-refractivity contribution is -0.137. The summed E-state index contributed by atoms with van der Waals surface area (Å²) < 4.78 is 21.3. The van der Waals surface area contributed by atoms with Crippen LogP contribution < -0.4 is 0 Å². The van der Waals surface area contributed by atoms with Crippen LogP contribution in [0.1, 0.15) is 36.8 Å². The van der Waals surface area contributed by atoms with Crippen LogP contribution in [0.2, 0.25) is 0 Å². The number of aromatic nitrogens is 2. The van der Waals surface area contributed by atoms with Crippen molar-refractivity contribution in [2.45, 2.75) is 37.5 Å². The third kappa shape index (κ3) is 3.85. The van der Waals surface area contributed by atoms with Gasteiger partial charge in [0.15, 0.2) is 0 Å². The Morgan fingerprint density at radius 3 is 2.77 bits per heavy atom. The topological polar surface area (TPSA) is 46.8 Å². The van der Waals surface area contributed by atoms with Gasteiger partial charge in [0.25, 0.3) is 0 Å². The van der Waals surface area contributed by atoms with Crippen LogP contribution in [0.3, 0.4) is 0 Å². The molecule has 0 unspecified atom stereocenters. The zero-order valence-corrected chi connectivity index (χ0v) is 17.7. The standard InChI is InChI=1S/C25H28FN3O2/c26-22-7-5-21(6-8-22)25(10-1-2-11-25)24(30)28-14-15-31-18-19(17-28)16-20-4-3-13-29-23(20)9-12-27-29/h3-9,12-13,19H,1-2,10-11,14-18H2/t19-/m1/s1. The van der Waals surface area contributed by atoms with E-state index in [9.17, 15) is 9.18 Å². The highest BCUT2D eigenvalue weighted by Crippen LogP contribution is 2.43. The van der Waals surface area contributed by atoms with E-state index in [0.29, 0.717) is 26.3 Å². The van der Waals surface area contributed by atoms with Gasteiger partial charge in [-0.15, -0.1) is 0 Å². The summed E-state index contributed by atoms with van der Waals surface area (Å²) in [6, 6.07) is 12.7. The highest BCUT2D eigenvalue weighted by Gasteiger charge is 2.45. The third-order valence-corrected chi connectivity index (χ3v) is 6.92. The van der Waals surface area contributed by atoms with Crippen LogP contribution in [-0.4, -0.2) is 46.7 Å². The van der Waals surface area contributed by atoms with Crippen molar-refractivity contribution in [1.29, 1.82) is 0 Å². The molecule has 1 aliphatic carbocycles. The van der Waals surface area contributed by atoms with Crippen LogP contribution in [0.15, 0.2) is 54.9 Å². The van der Waals surface area contributed by atoms with Gasteiger partial charge in [-0.05, 0) is 54.7 Å². The molecule has 3 aromatic rings. The molecule has 1 aliphatic heterocycles. The number of pyridine rings is 1. The van der Waals surface area contributed by atoms with Gasteiger partial charge in [-0.2, -0.15) is 5.10 Å². The first-order valence-corrected chi connectivity index (χ1v) is 11.2. The van der Waals surface area contributed by atoms with Gasteiger partial charge < -0.3 is 9.64 Å². The summed E-state index contributed by atoms with van der Waals surface area (Å²) in [5.41, 5.74) is 2.73. The predicted octanol–water partition coefficient (Wildman–Crippen LogP) is 4.00. The average molecular weight is 422 g/mol. The summed E-state index contributed by atoms with van der Waals surface area (Å²) in [4.78, 5) is 15.9. The van der Waals surface area contributed by atoms with E-state index in [0.717, 1.165) is 43.2 Å². The lowest BCUT2D eigenvalue weighted by Gasteiger charge is -2.35. The maximum Gasteiger partial charge on any atom is 0.233 e. The molecule has 5 nitrogen and oxygen atoms in total. The molecule has 1 atom stereocenters. The summed E-state index contributed by atoms with van der Waals surface area (Å²) in [6.07, 6.45) is 8.31. The van der Waals surface area contributed by atoms with Crippen molar-refractivity contribution >= 4 is 11.4 Å². The Morgan fingerprint density at radius 1 is 1.16 bits per heavy atom. The maximum absolute atomic E-state index is 13.9. The van der Waals surface area contributed by atoms with E-state index in [-0.39, 0.29) is 17.6 Å². The third-order valence-electron chi connectivity index (χ3n) is 6.92. The average Bonchev–Trinajstić information content (AvgIpc) is 3.41. The van der Waals surface area contributed by atoms with Crippen molar-refractivity contribution in [3.05, 3.63) is 71.8 Å². The summed E-state index contributed by atoms with van der Waals surface area (Å²) >= 11 is 0. The van der Waals surface area contributed by atoms with E-state index in [1.807, 2.05) is 33.9 Å². The molecule has 6 heteroatoms. The smallest absolute Gasteiger partial charge is 0.233 e. The van der Waals surface area contributed by atoms with Crippen LogP contribution >= 0.6 is 0 Å². The zero-order chi connectivity index (χ0) is 21.3. The number of carbonyl (C=O) groups excluding carboxylic acids is 1. The Kier molecular flexibility index (Phi) is 5.48. The second-order valence-corrected chi connectivity index (χ2v) is 8.89. The molecule has 1 saturated carbocycles. The van der Waals surface area contributed by atoms with Crippen molar-refractivity contribution < 1.29 is 13.9 Å². The summed E-state index contributed by atoms with van der Waals surface area (Å²) in [6.45, 7) is 2.48. The summed E-state index contributed by atoms with van der Waals surface area (Å²) in [5.74, 6) is 0.135. The summed E-state index contributed by atoms with van der Waals surface area (Å²) in [7, 11) is 0. The minimum Gasteiger partial charge on any atom is -0.379 e. The lowest BCUT2D eigenvalue weighted by atomic mass is 9.77. The van der Waals surface area contributed by atoms with E-state index < -0.39 is 5.41 Å². The van der Waals surface area contributed by atoms with Gasteiger partial charge in [-0.1, -0.05) is 31.0 Å². The molecule has 1 saturated heterocycles. The number of benzene rings is 1. The van der Waals surface area contributed by atoms with Gasteiger partial charge in [0, 0.05) is 31.4 Å². The van der Waals surface area contributed by atoms with E-state index in [1.54, 1.807) is 12.1 Å². The second kappa shape index (κ2) is 8.42. The van der Waals surface area contributed by atoms with Crippen LogP contribution in [0.5, 0.6) is 0 Å². The van der Waals surface area contributed by atoms with Gasteiger partial charge >= 0.3 is 0 Å². The Labute approximate surface area is 181 Å². The predicted molar refractivity (Wildman–Crippen MR) is 116 cm³/mol. The fourth-order valence-corrected chi connectivity index (χ4v) is 5.36. The monoisotopic (exact) mass is 421 g/mol. The molecule has 31 heavy (non-hydrogen) atoms. The Bertz CT molecular complexity index is 1060. The Balaban J connectivity index is 1.39. The molecule has 1 aromatic carbocycles. The van der Waals surface area contributed by atoms with Crippen LogP contribution in [0.25, 0.3) is 5.52 Å². The molecular weight excluding hydrogens is 393 g/mol. The molecule has 2 aliphatic rings. The molecular formula is C25H28FN3O2. The number of hydrogen-bond donors (Lipinski definition) is 0. The van der Waals surface area contributed by atoms with Crippen LogP contribution in [0, 0.1) is 11.7 Å². The molecule has 2 aromatic heterocycles. The minimum absolute atomic E-state index is 0.176. The van der Waals surface area contributed by atoms with E-state index >= 15 is 0 Å². The first-order chi connectivity index (χ1) is 15.2. The molecule has 2 fully saturated rings. The Morgan fingerprint density at radius 2 is 1.97 bits per heavy atom. The number of halogens is 1. The zero-order valence-electron chi connectivity index (χ0n) is 17.7. The molecule has 0 bridgehead atoms. The van der Waals surface area contributed by atoms with Crippen molar-refractivity contribution in [1.82, 2.24) is 14.5 Å². The van der Waals surface area contributed by atoms with Gasteiger partial charge in [0.05, 0.1) is 24.1 Å². The first kappa shape index (κ1) is 20.2. The molecule has 5 rings (SSSR count).